The van der Waals surface area contributed by atoms with Crippen LogP contribution in [-0.4, -0.2) is 9.78 Å². The molecule has 5 heteroatoms. The molecule has 4 nitrogen and oxygen atoms in total. The van der Waals surface area contributed by atoms with Gasteiger partial charge in [-0.2, -0.15) is 5.10 Å². The van der Waals surface area contributed by atoms with Crippen molar-refractivity contribution in [1.82, 2.24) is 9.78 Å². The number of ether oxygens (including phenoxy) is 1. The molecule has 19 heavy (non-hydrogen) atoms. The fourth-order valence-electron chi connectivity index (χ4n) is 2.40. The largest absolute Gasteiger partial charge is 0.485 e. The normalized spacial score (nSPS) is 21.8. The number of hydrogen-bond acceptors (Lipinski definition) is 3. The van der Waals surface area contributed by atoms with Gasteiger partial charge in [-0.3, -0.25) is 4.68 Å². The molecule has 0 bridgehead atoms. The van der Waals surface area contributed by atoms with Crippen LogP contribution in [0.4, 0.5) is 0 Å². The first-order valence-corrected chi connectivity index (χ1v) is 7.20. The van der Waals surface area contributed by atoms with Gasteiger partial charge < -0.3 is 10.5 Å². The minimum Gasteiger partial charge on any atom is -0.485 e. The Morgan fingerprint density at radius 3 is 3.11 bits per heavy atom. The smallest absolute Gasteiger partial charge is 0.129 e. The standard InChI is InChI=1S/C14H16BrN3O/c1-2-18-8-9(7-17-18)13-6-12(16)11-4-3-10(15)5-14(11)19-13/h3-5,7-8,12-13H,2,6,16H2,1H3/t12-,13?/m0/s1. The van der Waals surface area contributed by atoms with E-state index >= 15 is 0 Å². The third-order valence-corrected chi connectivity index (χ3v) is 3.95. The number of benzene rings is 1. The molecule has 1 aliphatic heterocycles. The minimum atomic E-state index is -0.0166. The summed E-state index contributed by atoms with van der Waals surface area (Å²) in [7, 11) is 0. The molecule has 2 N–H and O–H groups in total. The van der Waals surface area contributed by atoms with Crippen molar-refractivity contribution in [3.63, 3.8) is 0 Å². The minimum absolute atomic E-state index is 0.00632. The van der Waals surface area contributed by atoms with Crippen molar-refractivity contribution in [3.05, 3.63) is 46.2 Å². The van der Waals surface area contributed by atoms with Crippen molar-refractivity contribution in [3.8, 4) is 5.75 Å². The van der Waals surface area contributed by atoms with Crippen molar-refractivity contribution in [2.45, 2.75) is 32.0 Å². The highest BCUT2D eigenvalue weighted by Gasteiger charge is 2.27. The summed E-state index contributed by atoms with van der Waals surface area (Å²) < 4.78 is 8.97. The fourth-order valence-corrected chi connectivity index (χ4v) is 2.74. The highest BCUT2D eigenvalue weighted by atomic mass is 79.9. The van der Waals surface area contributed by atoms with E-state index in [0.29, 0.717) is 0 Å². The van der Waals surface area contributed by atoms with E-state index in [-0.39, 0.29) is 12.1 Å². The van der Waals surface area contributed by atoms with E-state index in [4.69, 9.17) is 10.5 Å². The van der Waals surface area contributed by atoms with Gasteiger partial charge in [0.1, 0.15) is 11.9 Å². The number of halogens is 1. The van der Waals surface area contributed by atoms with Crippen LogP contribution in [0.5, 0.6) is 5.75 Å². The van der Waals surface area contributed by atoms with Crippen molar-refractivity contribution >= 4 is 15.9 Å². The van der Waals surface area contributed by atoms with Crippen LogP contribution in [-0.2, 0) is 6.54 Å². The van der Waals surface area contributed by atoms with Crippen LogP contribution in [0.2, 0.25) is 0 Å². The summed E-state index contributed by atoms with van der Waals surface area (Å²) >= 11 is 3.46. The monoisotopic (exact) mass is 321 g/mol. The van der Waals surface area contributed by atoms with Crippen molar-refractivity contribution in [2.75, 3.05) is 0 Å². The summed E-state index contributed by atoms with van der Waals surface area (Å²) in [6, 6.07) is 6.01. The van der Waals surface area contributed by atoms with Gasteiger partial charge in [-0.05, 0) is 19.1 Å². The molecule has 1 aliphatic rings. The molecule has 0 saturated heterocycles. The fraction of sp³-hybridized carbons (Fsp3) is 0.357. The molecular weight excluding hydrogens is 306 g/mol. The Labute approximate surface area is 120 Å². The van der Waals surface area contributed by atoms with Gasteiger partial charge in [0.25, 0.3) is 0 Å². The Morgan fingerprint density at radius 2 is 2.37 bits per heavy atom. The van der Waals surface area contributed by atoms with Crippen LogP contribution >= 0.6 is 15.9 Å². The van der Waals surface area contributed by atoms with Crippen LogP contribution in [0.3, 0.4) is 0 Å². The van der Waals surface area contributed by atoms with Crippen LogP contribution in [0.1, 0.15) is 36.6 Å². The molecule has 0 spiro atoms. The van der Waals surface area contributed by atoms with Crippen molar-refractivity contribution < 1.29 is 4.74 Å². The quantitative estimate of drug-likeness (QED) is 0.924. The summed E-state index contributed by atoms with van der Waals surface area (Å²) in [5.41, 5.74) is 8.40. The van der Waals surface area contributed by atoms with E-state index in [1.165, 1.54) is 0 Å². The maximum Gasteiger partial charge on any atom is 0.129 e. The topological polar surface area (TPSA) is 53.1 Å². The molecule has 0 aliphatic carbocycles. The van der Waals surface area contributed by atoms with Gasteiger partial charge in [-0.1, -0.05) is 22.0 Å². The molecule has 3 rings (SSSR count). The SMILES string of the molecule is CCn1cc(C2C[C@H](N)c3ccc(Br)cc3O2)cn1. The maximum atomic E-state index is 6.24. The van der Waals surface area contributed by atoms with E-state index < -0.39 is 0 Å². The second-order valence-corrected chi connectivity index (χ2v) is 5.68. The lowest BCUT2D eigenvalue weighted by molar-refractivity contribution is 0.161. The molecular formula is C14H16BrN3O. The number of fused-ring (bicyclic) bond motifs is 1. The number of hydrogen-bond donors (Lipinski definition) is 1. The zero-order valence-electron chi connectivity index (χ0n) is 10.7. The predicted molar refractivity (Wildman–Crippen MR) is 77.0 cm³/mol. The zero-order valence-corrected chi connectivity index (χ0v) is 12.3. The summed E-state index contributed by atoms with van der Waals surface area (Å²) in [6.07, 6.45) is 4.66. The first kappa shape index (κ1) is 12.7. The van der Waals surface area contributed by atoms with E-state index in [9.17, 15) is 0 Å². The number of nitrogens with two attached hydrogens (primary N) is 1. The molecule has 0 radical (unpaired) electrons. The molecule has 2 aromatic rings. The average molecular weight is 322 g/mol. The summed E-state index contributed by atoms with van der Waals surface area (Å²) in [4.78, 5) is 0. The highest BCUT2D eigenvalue weighted by Crippen LogP contribution is 2.40. The lowest BCUT2D eigenvalue weighted by Crippen LogP contribution is -2.23. The molecule has 0 saturated carbocycles. The van der Waals surface area contributed by atoms with Crippen LogP contribution in [0.15, 0.2) is 35.1 Å². The van der Waals surface area contributed by atoms with Gasteiger partial charge in [-0.25, -0.2) is 0 Å². The third-order valence-electron chi connectivity index (χ3n) is 3.46. The van der Waals surface area contributed by atoms with Gasteiger partial charge in [0.05, 0.1) is 6.20 Å². The van der Waals surface area contributed by atoms with E-state index in [0.717, 1.165) is 34.3 Å². The van der Waals surface area contributed by atoms with E-state index in [1.807, 2.05) is 35.3 Å². The van der Waals surface area contributed by atoms with Crippen LogP contribution < -0.4 is 10.5 Å². The number of rotatable bonds is 2. The third kappa shape index (κ3) is 2.40. The molecule has 0 amide bonds. The van der Waals surface area contributed by atoms with Crippen LogP contribution in [0.25, 0.3) is 0 Å². The summed E-state index contributed by atoms with van der Waals surface area (Å²) in [5, 5.41) is 4.30. The Hall–Kier alpha value is -1.33. The molecule has 2 heterocycles. The van der Waals surface area contributed by atoms with Crippen LogP contribution in [0, 0.1) is 0 Å². The van der Waals surface area contributed by atoms with Gasteiger partial charge in [0.15, 0.2) is 0 Å². The lowest BCUT2D eigenvalue weighted by Gasteiger charge is -2.29. The first-order valence-electron chi connectivity index (χ1n) is 6.41. The second kappa shape index (κ2) is 4.98. The highest BCUT2D eigenvalue weighted by molar-refractivity contribution is 9.10. The number of nitrogens with zero attached hydrogens (tertiary/aromatic N) is 2. The Morgan fingerprint density at radius 1 is 1.53 bits per heavy atom. The van der Waals surface area contributed by atoms with Crippen molar-refractivity contribution in [2.24, 2.45) is 5.73 Å². The number of aromatic nitrogens is 2. The molecule has 1 unspecified atom stereocenters. The van der Waals surface area contributed by atoms with Gasteiger partial charge in [0, 0.05) is 40.8 Å². The molecule has 2 atom stereocenters. The zero-order chi connectivity index (χ0) is 13.4. The molecule has 100 valence electrons. The Balaban J connectivity index is 1.91. The maximum absolute atomic E-state index is 6.24. The van der Waals surface area contributed by atoms with Gasteiger partial charge >= 0.3 is 0 Å². The van der Waals surface area contributed by atoms with Gasteiger partial charge in [0.2, 0.25) is 0 Å². The Bertz CT molecular complexity index is 596. The van der Waals surface area contributed by atoms with E-state index in [2.05, 4.69) is 28.0 Å². The lowest BCUT2D eigenvalue weighted by atomic mass is 9.95. The van der Waals surface area contributed by atoms with E-state index in [1.54, 1.807) is 0 Å². The van der Waals surface area contributed by atoms with Crippen molar-refractivity contribution in [1.29, 1.82) is 0 Å². The first-order chi connectivity index (χ1) is 9.17. The molecule has 1 aromatic carbocycles. The molecule has 1 aromatic heterocycles. The Kier molecular flexibility index (Phi) is 3.33. The average Bonchev–Trinajstić information content (AvgIpc) is 2.86. The second-order valence-electron chi connectivity index (χ2n) is 4.76. The molecule has 0 fully saturated rings. The predicted octanol–water partition coefficient (Wildman–Crippen LogP) is 3.19. The summed E-state index contributed by atoms with van der Waals surface area (Å²) in [6.45, 7) is 2.93. The number of aryl methyl sites for hydroxylation is 1. The summed E-state index contributed by atoms with van der Waals surface area (Å²) in [5.74, 6) is 0.863. The van der Waals surface area contributed by atoms with Gasteiger partial charge in [-0.15, -0.1) is 0 Å².